The molecule has 0 aromatic heterocycles. The standard InChI is InChI=1S/C18H35NO2/c1-6-7-8-10-13-18(14-11-9-12-15-18)17(2,16(20)21)19(3,4)5/h6-15H2,1-5H3/p+1. The van der Waals surface area contributed by atoms with Gasteiger partial charge in [-0.15, -0.1) is 0 Å². The van der Waals surface area contributed by atoms with Gasteiger partial charge in [-0.25, -0.2) is 4.79 Å². The van der Waals surface area contributed by atoms with Crippen LogP contribution in [0.15, 0.2) is 0 Å². The monoisotopic (exact) mass is 298 g/mol. The van der Waals surface area contributed by atoms with E-state index < -0.39 is 11.5 Å². The van der Waals surface area contributed by atoms with Gasteiger partial charge in [0.15, 0.2) is 5.54 Å². The molecule has 1 saturated carbocycles. The Morgan fingerprint density at radius 3 is 2.10 bits per heavy atom. The van der Waals surface area contributed by atoms with Crippen LogP contribution in [0, 0.1) is 5.41 Å². The zero-order valence-electron chi connectivity index (χ0n) is 14.9. The first kappa shape index (κ1) is 18.5. The number of rotatable bonds is 8. The minimum atomic E-state index is -0.695. The Hall–Kier alpha value is -0.570. The summed E-state index contributed by atoms with van der Waals surface area (Å²) < 4.78 is 0.510. The minimum absolute atomic E-state index is 0.0386. The molecule has 0 heterocycles. The predicted octanol–water partition coefficient (Wildman–Crippen LogP) is 4.46. The number of carboxylic acid groups (broad SMARTS) is 1. The van der Waals surface area contributed by atoms with E-state index in [1.54, 1.807) is 0 Å². The second-order valence-corrected chi connectivity index (χ2v) is 8.04. The average Bonchev–Trinajstić information content (AvgIpc) is 2.42. The lowest BCUT2D eigenvalue weighted by atomic mass is 9.58. The quantitative estimate of drug-likeness (QED) is 0.531. The molecule has 3 nitrogen and oxygen atoms in total. The minimum Gasteiger partial charge on any atom is -0.477 e. The smallest absolute Gasteiger partial charge is 0.366 e. The third-order valence-electron chi connectivity index (χ3n) is 6.11. The summed E-state index contributed by atoms with van der Waals surface area (Å²) in [6, 6.07) is 0. The molecule has 1 aliphatic carbocycles. The van der Waals surface area contributed by atoms with Crippen molar-refractivity contribution in [3.8, 4) is 0 Å². The first-order valence-corrected chi connectivity index (χ1v) is 8.76. The van der Waals surface area contributed by atoms with Crippen LogP contribution in [0.2, 0.25) is 0 Å². The van der Waals surface area contributed by atoms with E-state index in [9.17, 15) is 9.90 Å². The topological polar surface area (TPSA) is 37.3 Å². The van der Waals surface area contributed by atoms with Crippen LogP contribution in [0.5, 0.6) is 0 Å². The van der Waals surface area contributed by atoms with Gasteiger partial charge >= 0.3 is 5.97 Å². The van der Waals surface area contributed by atoms with Crippen molar-refractivity contribution in [2.75, 3.05) is 21.1 Å². The van der Waals surface area contributed by atoms with Crippen LogP contribution in [0.25, 0.3) is 0 Å². The van der Waals surface area contributed by atoms with Gasteiger partial charge in [-0.05, 0) is 19.3 Å². The van der Waals surface area contributed by atoms with Gasteiger partial charge < -0.3 is 9.59 Å². The van der Waals surface area contributed by atoms with Crippen molar-refractivity contribution < 1.29 is 14.4 Å². The highest BCUT2D eigenvalue weighted by molar-refractivity contribution is 5.78. The van der Waals surface area contributed by atoms with Crippen molar-refractivity contribution in [3.63, 3.8) is 0 Å². The first-order chi connectivity index (χ1) is 9.71. The Balaban J connectivity index is 3.05. The summed E-state index contributed by atoms with van der Waals surface area (Å²) in [4.78, 5) is 12.2. The molecule has 0 aromatic carbocycles. The lowest BCUT2D eigenvalue weighted by molar-refractivity contribution is -0.921. The number of quaternary nitrogens is 1. The molecular weight excluding hydrogens is 262 g/mol. The second-order valence-electron chi connectivity index (χ2n) is 8.04. The molecule has 124 valence electrons. The molecule has 0 saturated heterocycles. The number of hydrogen-bond donors (Lipinski definition) is 1. The van der Waals surface area contributed by atoms with E-state index in [1.165, 1.54) is 44.9 Å². The first-order valence-electron chi connectivity index (χ1n) is 8.76. The van der Waals surface area contributed by atoms with Crippen LogP contribution in [-0.2, 0) is 4.79 Å². The summed E-state index contributed by atoms with van der Waals surface area (Å²) in [6.45, 7) is 4.23. The predicted molar refractivity (Wildman–Crippen MR) is 88.4 cm³/mol. The molecule has 1 aliphatic rings. The number of aliphatic carboxylic acids is 1. The van der Waals surface area contributed by atoms with Crippen LogP contribution in [0.1, 0.15) is 78.1 Å². The molecule has 1 unspecified atom stereocenters. The lowest BCUT2D eigenvalue weighted by Crippen LogP contribution is -2.69. The second kappa shape index (κ2) is 7.13. The van der Waals surface area contributed by atoms with E-state index in [4.69, 9.17) is 0 Å². The van der Waals surface area contributed by atoms with E-state index in [1.807, 2.05) is 6.92 Å². The van der Waals surface area contributed by atoms with Gasteiger partial charge in [-0.1, -0.05) is 51.9 Å². The number of carboxylic acids is 1. The fourth-order valence-electron chi connectivity index (χ4n) is 4.32. The lowest BCUT2D eigenvalue weighted by Gasteiger charge is -2.54. The Labute approximate surface area is 131 Å². The normalized spacial score (nSPS) is 21.8. The molecule has 0 amide bonds. The Kier molecular flexibility index (Phi) is 6.27. The van der Waals surface area contributed by atoms with Crippen molar-refractivity contribution in [1.29, 1.82) is 0 Å². The van der Waals surface area contributed by atoms with Crippen molar-refractivity contribution >= 4 is 5.97 Å². The van der Waals surface area contributed by atoms with E-state index >= 15 is 0 Å². The fraction of sp³-hybridized carbons (Fsp3) is 0.944. The number of carbonyl (C=O) groups is 1. The average molecular weight is 298 g/mol. The zero-order chi connectivity index (χ0) is 16.1. The van der Waals surface area contributed by atoms with E-state index in [0.717, 1.165) is 19.3 Å². The van der Waals surface area contributed by atoms with Gasteiger partial charge in [0.25, 0.3) is 0 Å². The Bertz CT molecular complexity index is 340. The molecule has 0 aromatic rings. The highest BCUT2D eigenvalue weighted by Crippen LogP contribution is 2.52. The third kappa shape index (κ3) is 3.61. The number of unbranched alkanes of at least 4 members (excludes halogenated alkanes) is 3. The summed E-state index contributed by atoms with van der Waals surface area (Å²) in [5, 5.41) is 10.1. The Morgan fingerprint density at radius 1 is 1.10 bits per heavy atom. The molecular formula is C18H36NO2+. The molecule has 0 aliphatic heterocycles. The maximum Gasteiger partial charge on any atom is 0.366 e. The summed E-state index contributed by atoms with van der Waals surface area (Å²) in [7, 11) is 6.16. The molecule has 0 spiro atoms. The van der Waals surface area contributed by atoms with Gasteiger partial charge in [-0.2, -0.15) is 0 Å². The summed E-state index contributed by atoms with van der Waals surface area (Å²) >= 11 is 0. The molecule has 21 heavy (non-hydrogen) atoms. The number of hydrogen-bond acceptors (Lipinski definition) is 1. The fourth-order valence-corrected chi connectivity index (χ4v) is 4.32. The van der Waals surface area contributed by atoms with Crippen LogP contribution in [0.3, 0.4) is 0 Å². The van der Waals surface area contributed by atoms with Gasteiger partial charge in [-0.3, -0.25) is 0 Å². The van der Waals surface area contributed by atoms with Crippen molar-refractivity contribution in [1.82, 2.24) is 0 Å². The molecule has 0 bridgehead atoms. The summed E-state index contributed by atoms with van der Waals surface area (Å²) in [5.41, 5.74) is -0.733. The van der Waals surface area contributed by atoms with Crippen LogP contribution >= 0.6 is 0 Å². The van der Waals surface area contributed by atoms with Crippen molar-refractivity contribution in [2.24, 2.45) is 5.41 Å². The van der Waals surface area contributed by atoms with E-state index in [2.05, 4.69) is 28.1 Å². The molecule has 1 rings (SSSR count). The van der Waals surface area contributed by atoms with E-state index in [-0.39, 0.29) is 5.41 Å². The zero-order valence-corrected chi connectivity index (χ0v) is 14.9. The molecule has 1 N–H and O–H groups in total. The molecule has 0 radical (unpaired) electrons. The number of likely N-dealkylation sites (N-methyl/N-ethyl adjacent to an activating group) is 1. The van der Waals surface area contributed by atoms with E-state index in [0.29, 0.717) is 4.48 Å². The maximum atomic E-state index is 12.2. The third-order valence-corrected chi connectivity index (χ3v) is 6.11. The molecule has 1 fully saturated rings. The molecule has 3 heteroatoms. The van der Waals surface area contributed by atoms with Crippen LogP contribution in [0.4, 0.5) is 0 Å². The van der Waals surface area contributed by atoms with Crippen molar-refractivity contribution in [3.05, 3.63) is 0 Å². The van der Waals surface area contributed by atoms with Gasteiger partial charge in [0, 0.05) is 12.3 Å². The highest BCUT2D eigenvalue weighted by atomic mass is 16.4. The van der Waals surface area contributed by atoms with Gasteiger partial charge in [0.05, 0.1) is 21.1 Å². The van der Waals surface area contributed by atoms with Crippen LogP contribution < -0.4 is 0 Å². The summed E-state index contributed by atoms with van der Waals surface area (Å²) in [6.07, 6.45) is 11.8. The maximum absolute atomic E-state index is 12.2. The molecule has 1 atom stereocenters. The largest absolute Gasteiger partial charge is 0.477 e. The SMILES string of the molecule is CCCCCCC1(C(C)(C(=O)O)[N+](C)(C)C)CCCCC1. The summed E-state index contributed by atoms with van der Waals surface area (Å²) in [5.74, 6) is -0.618. The van der Waals surface area contributed by atoms with Gasteiger partial charge in [0.1, 0.15) is 0 Å². The Morgan fingerprint density at radius 2 is 1.67 bits per heavy atom. The van der Waals surface area contributed by atoms with Gasteiger partial charge in [0.2, 0.25) is 0 Å². The number of nitrogens with zero attached hydrogens (tertiary/aromatic N) is 1. The van der Waals surface area contributed by atoms with Crippen molar-refractivity contribution in [2.45, 2.75) is 83.6 Å². The van der Waals surface area contributed by atoms with Crippen LogP contribution in [-0.4, -0.2) is 42.2 Å². The highest BCUT2D eigenvalue weighted by Gasteiger charge is 2.61.